The minimum absolute atomic E-state index is 0. The molecule has 0 radical (unpaired) electrons. The first-order valence-corrected chi connectivity index (χ1v) is 7.80. The Bertz CT molecular complexity index is 149. The Hall–Kier alpha value is -0.0800. The molecule has 0 bridgehead atoms. The molecule has 18 heavy (non-hydrogen) atoms. The summed E-state index contributed by atoms with van der Waals surface area (Å²) in [6, 6.07) is 1.36. The van der Waals surface area contributed by atoms with Gasteiger partial charge in [-0.05, 0) is 51.6 Å². The first-order valence-electron chi connectivity index (χ1n) is 7.80. The molecule has 0 aromatic carbocycles. The van der Waals surface area contributed by atoms with Crippen molar-refractivity contribution in [2.24, 2.45) is 11.8 Å². The van der Waals surface area contributed by atoms with E-state index in [1.54, 1.807) is 0 Å². The average Bonchev–Trinajstić information content (AvgIpc) is 2.28. The van der Waals surface area contributed by atoms with Crippen LogP contribution in [0.5, 0.6) is 0 Å². The Labute approximate surface area is 119 Å². The Morgan fingerprint density at radius 1 is 0.722 bits per heavy atom. The fourth-order valence-electron chi connectivity index (χ4n) is 1.38. The fourth-order valence-corrected chi connectivity index (χ4v) is 1.38. The van der Waals surface area contributed by atoms with Gasteiger partial charge in [-0.15, -0.1) is 0 Å². The summed E-state index contributed by atoms with van der Waals surface area (Å²) in [5.41, 5.74) is 0. The Morgan fingerprint density at radius 2 is 1.06 bits per heavy atom. The standard InChI is InChI=1S/2C8H19N.2H2/c1-7(2)5-9-6-8(3)4;1-5-7(3)9-8(4)6-2;;/h2*7-9H,5-6H2,1-4H3;2*1H. The average molecular weight is 263 g/mol. The monoisotopic (exact) mass is 262 g/mol. The van der Waals surface area contributed by atoms with Crippen LogP contribution in [-0.4, -0.2) is 25.2 Å². The summed E-state index contributed by atoms with van der Waals surface area (Å²) in [6.07, 6.45) is 2.45. The number of rotatable bonds is 8. The van der Waals surface area contributed by atoms with Crippen LogP contribution in [0.3, 0.4) is 0 Å². The number of hydrogen-bond acceptors (Lipinski definition) is 2. The van der Waals surface area contributed by atoms with Crippen LogP contribution in [0.4, 0.5) is 0 Å². The van der Waals surface area contributed by atoms with Crippen molar-refractivity contribution in [3.63, 3.8) is 0 Å². The zero-order valence-corrected chi connectivity index (χ0v) is 14.1. The summed E-state index contributed by atoms with van der Waals surface area (Å²) < 4.78 is 0. The largest absolute Gasteiger partial charge is 0.316 e. The van der Waals surface area contributed by atoms with E-state index in [-0.39, 0.29) is 2.85 Å². The minimum Gasteiger partial charge on any atom is -0.316 e. The summed E-state index contributed by atoms with van der Waals surface area (Å²) in [4.78, 5) is 0. The van der Waals surface area contributed by atoms with E-state index >= 15 is 0 Å². The second-order valence-corrected chi connectivity index (χ2v) is 6.23. The van der Waals surface area contributed by atoms with E-state index in [4.69, 9.17) is 0 Å². The van der Waals surface area contributed by atoms with Gasteiger partial charge >= 0.3 is 0 Å². The summed E-state index contributed by atoms with van der Waals surface area (Å²) >= 11 is 0. The molecule has 0 amide bonds. The van der Waals surface area contributed by atoms with Crippen LogP contribution >= 0.6 is 0 Å². The highest BCUT2D eigenvalue weighted by Crippen LogP contribution is 1.94. The highest BCUT2D eigenvalue weighted by atomic mass is 14.9. The number of nitrogens with one attached hydrogen (secondary N) is 2. The van der Waals surface area contributed by atoms with Crippen LogP contribution in [-0.2, 0) is 0 Å². The van der Waals surface area contributed by atoms with E-state index in [0.29, 0.717) is 12.1 Å². The lowest BCUT2D eigenvalue weighted by Gasteiger charge is -2.16. The van der Waals surface area contributed by atoms with Gasteiger partial charge in [-0.1, -0.05) is 41.5 Å². The SMILES string of the molecule is CC(C)CNCC(C)C.CCC(C)NC(C)CC.[HH].[HH]. The van der Waals surface area contributed by atoms with Crippen molar-refractivity contribution in [3.05, 3.63) is 0 Å². The Balaban J connectivity index is -0.000000116. The highest BCUT2D eigenvalue weighted by molar-refractivity contribution is 4.63. The first-order chi connectivity index (χ1) is 8.33. The van der Waals surface area contributed by atoms with Gasteiger partial charge in [0.15, 0.2) is 0 Å². The van der Waals surface area contributed by atoms with Gasteiger partial charge in [0, 0.05) is 14.9 Å². The molecular weight excluding hydrogens is 220 g/mol. The molecule has 2 unspecified atom stereocenters. The smallest absolute Gasteiger partial charge is 0.00385 e. The summed E-state index contributed by atoms with van der Waals surface area (Å²) in [5, 5.41) is 6.86. The predicted molar refractivity (Wildman–Crippen MR) is 89.4 cm³/mol. The molecule has 0 aromatic heterocycles. The van der Waals surface area contributed by atoms with Crippen LogP contribution in [0.2, 0.25) is 0 Å². The molecule has 0 saturated carbocycles. The minimum atomic E-state index is 0. The van der Waals surface area contributed by atoms with Crippen molar-refractivity contribution in [3.8, 4) is 0 Å². The van der Waals surface area contributed by atoms with Gasteiger partial charge in [0.05, 0.1) is 0 Å². The van der Waals surface area contributed by atoms with Crippen LogP contribution in [0.15, 0.2) is 0 Å². The van der Waals surface area contributed by atoms with Gasteiger partial charge in [-0.2, -0.15) is 0 Å². The zero-order valence-electron chi connectivity index (χ0n) is 14.1. The second-order valence-electron chi connectivity index (χ2n) is 6.23. The van der Waals surface area contributed by atoms with Gasteiger partial charge in [0.1, 0.15) is 0 Å². The summed E-state index contributed by atoms with van der Waals surface area (Å²) in [6.45, 7) is 20.1. The Morgan fingerprint density at radius 3 is 1.28 bits per heavy atom. The van der Waals surface area contributed by atoms with Crippen LogP contribution in [0.25, 0.3) is 0 Å². The molecule has 0 aliphatic carbocycles. The second kappa shape index (κ2) is 13.4. The normalized spacial score (nSPS) is 14.3. The molecule has 0 aliphatic heterocycles. The van der Waals surface area contributed by atoms with E-state index in [2.05, 4.69) is 66.0 Å². The maximum atomic E-state index is 3.48. The molecule has 0 aliphatic rings. The van der Waals surface area contributed by atoms with Crippen molar-refractivity contribution in [2.45, 2.75) is 80.3 Å². The Kier molecular flexibility index (Phi) is 15.0. The van der Waals surface area contributed by atoms with E-state index in [1.807, 2.05) is 0 Å². The van der Waals surface area contributed by atoms with Crippen molar-refractivity contribution in [1.29, 1.82) is 0 Å². The first kappa shape index (κ1) is 20.2. The zero-order chi connectivity index (χ0) is 14.6. The van der Waals surface area contributed by atoms with E-state index in [1.165, 1.54) is 12.8 Å². The molecule has 2 heteroatoms. The van der Waals surface area contributed by atoms with Crippen molar-refractivity contribution < 1.29 is 2.85 Å². The fraction of sp³-hybridized carbons (Fsp3) is 1.00. The molecule has 0 spiro atoms. The number of hydrogen-bond donors (Lipinski definition) is 2. The molecule has 0 rings (SSSR count). The molecule has 0 aromatic rings. The van der Waals surface area contributed by atoms with Crippen LogP contribution in [0, 0.1) is 11.8 Å². The van der Waals surface area contributed by atoms with Gasteiger partial charge in [-0.3, -0.25) is 0 Å². The van der Waals surface area contributed by atoms with Gasteiger partial charge in [0.25, 0.3) is 0 Å². The van der Waals surface area contributed by atoms with E-state index in [9.17, 15) is 0 Å². The molecule has 0 heterocycles. The predicted octanol–water partition coefficient (Wildman–Crippen LogP) is 4.55. The molecule has 116 valence electrons. The summed E-state index contributed by atoms with van der Waals surface area (Å²) in [5.74, 6) is 1.56. The third-order valence-corrected chi connectivity index (χ3v) is 2.90. The molecule has 2 N–H and O–H groups in total. The lowest BCUT2D eigenvalue weighted by atomic mass is 10.2. The maximum absolute atomic E-state index is 3.48. The molecule has 0 saturated heterocycles. The highest BCUT2D eigenvalue weighted by Gasteiger charge is 2.01. The summed E-state index contributed by atoms with van der Waals surface area (Å²) in [7, 11) is 0. The lowest BCUT2D eigenvalue weighted by molar-refractivity contribution is 0.449. The molecule has 2 nitrogen and oxygen atoms in total. The van der Waals surface area contributed by atoms with Crippen LogP contribution < -0.4 is 10.6 Å². The van der Waals surface area contributed by atoms with Crippen LogP contribution in [0.1, 0.15) is 71.1 Å². The molecule has 0 fully saturated rings. The third-order valence-electron chi connectivity index (χ3n) is 2.90. The van der Waals surface area contributed by atoms with E-state index in [0.717, 1.165) is 24.9 Å². The van der Waals surface area contributed by atoms with Crippen molar-refractivity contribution >= 4 is 0 Å². The topological polar surface area (TPSA) is 24.1 Å². The third kappa shape index (κ3) is 18.3. The van der Waals surface area contributed by atoms with Gasteiger partial charge in [0.2, 0.25) is 0 Å². The van der Waals surface area contributed by atoms with Gasteiger partial charge < -0.3 is 10.6 Å². The molecule has 2 atom stereocenters. The van der Waals surface area contributed by atoms with E-state index < -0.39 is 0 Å². The van der Waals surface area contributed by atoms with Crippen molar-refractivity contribution in [1.82, 2.24) is 10.6 Å². The maximum Gasteiger partial charge on any atom is 0.00385 e. The van der Waals surface area contributed by atoms with Crippen molar-refractivity contribution in [2.75, 3.05) is 13.1 Å². The lowest BCUT2D eigenvalue weighted by Crippen LogP contribution is -2.33. The molecular formula is C16H42N2. The van der Waals surface area contributed by atoms with Gasteiger partial charge in [-0.25, -0.2) is 0 Å². The quantitative estimate of drug-likeness (QED) is 0.670.